The lowest BCUT2D eigenvalue weighted by atomic mass is 9.99. The Morgan fingerprint density at radius 2 is 1.96 bits per heavy atom. The first-order valence-corrected chi connectivity index (χ1v) is 11.2. The average molecular weight is 407 g/mol. The van der Waals surface area contributed by atoms with Crippen molar-refractivity contribution >= 4 is 15.7 Å². The van der Waals surface area contributed by atoms with Gasteiger partial charge in [-0.05, 0) is 44.0 Å². The molecule has 0 radical (unpaired) electrons. The number of piperidine rings is 1. The zero-order valence-corrected chi connectivity index (χ0v) is 16.8. The summed E-state index contributed by atoms with van der Waals surface area (Å²) in [5.74, 6) is 0.253. The third-order valence-electron chi connectivity index (χ3n) is 4.95. The van der Waals surface area contributed by atoms with E-state index in [4.69, 9.17) is 4.52 Å². The number of hydrogen-bond acceptors (Lipinski definition) is 7. The van der Waals surface area contributed by atoms with Crippen LogP contribution in [0.4, 0.5) is 0 Å². The van der Waals surface area contributed by atoms with Gasteiger partial charge in [0.15, 0.2) is 15.7 Å². The van der Waals surface area contributed by atoms with Crippen LogP contribution in [0.5, 0.6) is 0 Å². The highest BCUT2D eigenvalue weighted by molar-refractivity contribution is 7.91. The van der Waals surface area contributed by atoms with Gasteiger partial charge in [-0.25, -0.2) is 8.42 Å². The first-order valence-electron chi connectivity index (χ1n) is 9.55. The Morgan fingerprint density at radius 3 is 2.68 bits per heavy atom. The number of carbonyl (C=O) groups excluding carboxylic acids is 1. The molecular formula is C19H26N4O4S. The Kier molecular flexibility index (Phi) is 6.79. The molecule has 0 bridgehead atoms. The molecule has 0 saturated carbocycles. The van der Waals surface area contributed by atoms with Gasteiger partial charge >= 0.3 is 11.8 Å². The van der Waals surface area contributed by atoms with E-state index >= 15 is 0 Å². The fourth-order valence-electron chi connectivity index (χ4n) is 3.11. The van der Waals surface area contributed by atoms with Gasteiger partial charge in [0.1, 0.15) is 0 Å². The fourth-order valence-corrected chi connectivity index (χ4v) is 4.37. The summed E-state index contributed by atoms with van der Waals surface area (Å²) in [5.41, 5.74) is 0. The zero-order valence-electron chi connectivity index (χ0n) is 16.0. The van der Waals surface area contributed by atoms with Gasteiger partial charge in [0.05, 0.1) is 10.6 Å². The molecule has 0 aliphatic carbocycles. The van der Waals surface area contributed by atoms with Gasteiger partial charge in [0.2, 0.25) is 0 Å². The largest absolute Gasteiger partial charge is 0.347 e. The summed E-state index contributed by atoms with van der Waals surface area (Å²) in [6, 6.07) is 8.21. The number of hydrogen-bond donors (Lipinski definition) is 1. The van der Waals surface area contributed by atoms with Gasteiger partial charge in [-0.3, -0.25) is 4.79 Å². The van der Waals surface area contributed by atoms with Crippen molar-refractivity contribution in [2.24, 2.45) is 5.92 Å². The van der Waals surface area contributed by atoms with Crippen LogP contribution in [0.1, 0.15) is 36.3 Å². The Labute approximate surface area is 165 Å². The molecular weight excluding hydrogens is 380 g/mol. The number of aryl methyl sites for hydroxylation is 1. The highest BCUT2D eigenvalue weighted by Gasteiger charge is 2.19. The number of nitrogens with zero attached hydrogens (tertiary/aromatic N) is 3. The van der Waals surface area contributed by atoms with Crippen molar-refractivity contribution in [2.45, 2.75) is 31.1 Å². The van der Waals surface area contributed by atoms with Gasteiger partial charge < -0.3 is 14.7 Å². The molecule has 0 unspecified atom stereocenters. The Hall–Kier alpha value is -2.26. The Balaban J connectivity index is 1.45. The second-order valence-electron chi connectivity index (χ2n) is 7.18. The molecule has 3 rings (SSSR count). The zero-order chi connectivity index (χ0) is 20.0. The van der Waals surface area contributed by atoms with E-state index in [2.05, 4.69) is 27.3 Å². The van der Waals surface area contributed by atoms with Crippen LogP contribution in [0, 0.1) is 5.92 Å². The molecule has 9 heteroatoms. The number of likely N-dealkylation sites (tertiary alicyclic amines) is 1. The summed E-state index contributed by atoms with van der Waals surface area (Å²) in [4.78, 5) is 18.7. The minimum atomic E-state index is -3.43. The minimum absolute atomic E-state index is 0.0833. The lowest BCUT2D eigenvalue weighted by Crippen LogP contribution is -2.39. The molecule has 1 saturated heterocycles. The molecule has 0 spiro atoms. The van der Waals surface area contributed by atoms with E-state index in [1.807, 2.05) is 0 Å². The highest BCUT2D eigenvalue weighted by Crippen LogP contribution is 2.15. The van der Waals surface area contributed by atoms with Crippen molar-refractivity contribution in [3.8, 4) is 0 Å². The number of carbonyl (C=O) groups is 1. The van der Waals surface area contributed by atoms with Crippen LogP contribution < -0.4 is 5.32 Å². The normalized spacial score (nSPS) is 16.2. The van der Waals surface area contributed by atoms with Gasteiger partial charge in [0, 0.05) is 19.5 Å². The van der Waals surface area contributed by atoms with Crippen LogP contribution in [-0.2, 0) is 16.3 Å². The van der Waals surface area contributed by atoms with E-state index in [0.29, 0.717) is 6.54 Å². The average Bonchev–Trinajstić information content (AvgIpc) is 3.18. The SMILES string of the molecule is CC1CCN(CCNC(=O)c2nc(CCS(=O)(=O)c3ccccc3)no2)CC1. The monoisotopic (exact) mass is 406 g/mol. The van der Waals surface area contributed by atoms with Crippen LogP contribution in [0.2, 0.25) is 0 Å². The van der Waals surface area contributed by atoms with E-state index < -0.39 is 15.7 Å². The van der Waals surface area contributed by atoms with Gasteiger partial charge in [0.25, 0.3) is 0 Å². The number of rotatable bonds is 8. The number of amides is 1. The predicted molar refractivity (Wildman–Crippen MR) is 104 cm³/mol. The smallest absolute Gasteiger partial charge is 0.315 e. The molecule has 1 N–H and O–H groups in total. The van der Waals surface area contributed by atoms with Gasteiger partial charge in [-0.2, -0.15) is 4.98 Å². The lowest BCUT2D eigenvalue weighted by Gasteiger charge is -2.29. The quantitative estimate of drug-likeness (QED) is 0.709. The number of sulfone groups is 1. The third kappa shape index (κ3) is 5.62. The molecule has 28 heavy (non-hydrogen) atoms. The van der Waals surface area contributed by atoms with Crippen molar-refractivity contribution in [3.05, 3.63) is 42.0 Å². The van der Waals surface area contributed by atoms with Crippen molar-refractivity contribution in [2.75, 3.05) is 31.9 Å². The van der Waals surface area contributed by atoms with Gasteiger partial charge in [-0.15, -0.1) is 0 Å². The summed E-state index contributed by atoms with van der Waals surface area (Å²) < 4.78 is 29.5. The second-order valence-corrected chi connectivity index (χ2v) is 9.29. The summed E-state index contributed by atoms with van der Waals surface area (Å²) in [6.45, 7) is 5.66. The Bertz CT molecular complexity index is 874. The lowest BCUT2D eigenvalue weighted by molar-refractivity contribution is 0.0901. The van der Waals surface area contributed by atoms with Crippen LogP contribution in [-0.4, -0.2) is 61.3 Å². The van der Waals surface area contributed by atoms with Crippen LogP contribution in [0.25, 0.3) is 0 Å². The molecule has 2 aromatic rings. The van der Waals surface area contributed by atoms with E-state index in [9.17, 15) is 13.2 Å². The second kappa shape index (κ2) is 9.29. The molecule has 1 aliphatic heterocycles. The van der Waals surface area contributed by atoms with E-state index in [1.165, 1.54) is 12.8 Å². The van der Waals surface area contributed by atoms with E-state index in [0.717, 1.165) is 25.6 Å². The molecule has 0 atom stereocenters. The highest BCUT2D eigenvalue weighted by atomic mass is 32.2. The summed E-state index contributed by atoms with van der Waals surface area (Å²) in [6.07, 6.45) is 2.46. The summed E-state index contributed by atoms with van der Waals surface area (Å²) in [5, 5.41) is 6.49. The maximum absolute atomic E-state index is 12.3. The Morgan fingerprint density at radius 1 is 1.25 bits per heavy atom. The molecule has 152 valence electrons. The molecule has 1 amide bonds. The molecule has 1 fully saturated rings. The third-order valence-corrected chi connectivity index (χ3v) is 6.68. The number of benzene rings is 1. The minimum Gasteiger partial charge on any atom is -0.347 e. The van der Waals surface area contributed by atoms with Crippen molar-refractivity contribution in [1.82, 2.24) is 20.4 Å². The number of nitrogens with one attached hydrogen (secondary N) is 1. The van der Waals surface area contributed by atoms with Gasteiger partial charge in [-0.1, -0.05) is 30.3 Å². The molecule has 1 aliphatic rings. The fraction of sp³-hybridized carbons (Fsp3) is 0.526. The van der Waals surface area contributed by atoms with Crippen molar-refractivity contribution in [3.63, 3.8) is 0 Å². The number of aromatic nitrogens is 2. The van der Waals surface area contributed by atoms with E-state index in [-0.39, 0.29) is 28.8 Å². The van der Waals surface area contributed by atoms with Crippen LogP contribution in [0.3, 0.4) is 0 Å². The van der Waals surface area contributed by atoms with Crippen LogP contribution >= 0.6 is 0 Å². The topological polar surface area (TPSA) is 105 Å². The predicted octanol–water partition coefficient (Wildman–Crippen LogP) is 1.55. The first kappa shape index (κ1) is 20.5. The van der Waals surface area contributed by atoms with Crippen LogP contribution in [0.15, 0.2) is 39.8 Å². The van der Waals surface area contributed by atoms with E-state index in [1.54, 1.807) is 30.3 Å². The first-order chi connectivity index (χ1) is 13.4. The molecule has 2 heterocycles. The van der Waals surface area contributed by atoms with Crippen molar-refractivity contribution in [1.29, 1.82) is 0 Å². The standard InChI is InChI=1S/C19H26N4O4S/c1-15-7-11-23(12-8-15)13-10-20-18(24)19-21-17(22-27-19)9-14-28(25,26)16-5-3-2-4-6-16/h2-6,15H,7-14H2,1H3,(H,20,24). The maximum Gasteiger partial charge on any atom is 0.315 e. The maximum atomic E-state index is 12.3. The van der Waals surface area contributed by atoms with Crippen molar-refractivity contribution < 1.29 is 17.7 Å². The molecule has 1 aromatic carbocycles. The summed E-state index contributed by atoms with van der Waals surface area (Å²) in [7, 11) is -3.43. The molecule has 8 nitrogen and oxygen atoms in total. The summed E-state index contributed by atoms with van der Waals surface area (Å²) >= 11 is 0. The molecule has 1 aromatic heterocycles.